The number of hydrogen-bond donors (Lipinski definition) is 0. The highest BCUT2D eigenvalue weighted by atomic mass is 35.5. The van der Waals surface area contributed by atoms with Crippen LogP contribution in [0.3, 0.4) is 0 Å². The number of rotatable bonds is 8. The number of halogens is 2. The molecule has 0 N–H and O–H groups in total. The molecule has 0 spiro atoms. The highest BCUT2D eigenvalue weighted by molar-refractivity contribution is 6.35. The molecule has 1 aliphatic carbocycles. The molecule has 2 atom stereocenters. The summed E-state index contributed by atoms with van der Waals surface area (Å²) in [5.74, 6) is 0.654. The summed E-state index contributed by atoms with van der Waals surface area (Å²) >= 11 is 6.70. The molecule has 8 heteroatoms. The van der Waals surface area contributed by atoms with E-state index in [1.54, 1.807) is 30.4 Å². The first kappa shape index (κ1) is 26.8. The van der Waals surface area contributed by atoms with Gasteiger partial charge in [-0.3, -0.25) is 19.5 Å². The quantitative estimate of drug-likeness (QED) is 0.357. The van der Waals surface area contributed by atoms with E-state index < -0.39 is 5.82 Å². The zero-order valence-corrected chi connectivity index (χ0v) is 23.3. The topological polar surface area (TPSA) is 58.4 Å². The van der Waals surface area contributed by atoms with Crippen molar-refractivity contribution in [3.05, 3.63) is 58.8 Å². The van der Waals surface area contributed by atoms with Crippen LogP contribution in [0.25, 0.3) is 16.6 Å². The minimum Gasteiger partial charge on any atom is -0.339 e. The predicted molar refractivity (Wildman–Crippen MR) is 148 cm³/mol. The number of hydrogen-bond acceptors (Lipinski definition) is 4. The Labute approximate surface area is 228 Å². The molecule has 2 fully saturated rings. The first-order valence-electron chi connectivity index (χ1n) is 13.6. The third-order valence-corrected chi connectivity index (χ3v) is 8.81. The molecular weight excluding hydrogens is 503 g/mol. The largest absolute Gasteiger partial charge is 0.339 e. The number of Topliss-reactive ketones (excluding diaryl/α,β-unsaturated/α-hetero) is 1. The van der Waals surface area contributed by atoms with Crippen molar-refractivity contribution in [2.75, 3.05) is 20.1 Å². The van der Waals surface area contributed by atoms with Crippen molar-refractivity contribution in [1.29, 1.82) is 0 Å². The molecule has 6 nitrogen and oxygen atoms in total. The van der Waals surface area contributed by atoms with Crippen molar-refractivity contribution in [3.8, 4) is 5.69 Å². The zero-order valence-electron chi connectivity index (χ0n) is 22.6. The first-order chi connectivity index (χ1) is 18.2. The van der Waals surface area contributed by atoms with E-state index in [0.717, 1.165) is 61.7 Å². The molecule has 1 aliphatic heterocycles. The van der Waals surface area contributed by atoms with Crippen LogP contribution in [0.1, 0.15) is 62.4 Å². The Kier molecular flexibility index (Phi) is 7.60. The fourth-order valence-corrected chi connectivity index (χ4v) is 6.49. The second-order valence-corrected chi connectivity index (χ2v) is 11.7. The van der Waals surface area contributed by atoms with Crippen LogP contribution >= 0.6 is 11.6 Å². The predicted octanol–water partition coefficient (Wildman–Crippen LogP) is 5.92. The Balaban J connectivity index is 1.47. The molecule has 0 unspecified atom stereocenters. The summed E-state index contributed by atoms with van der Waals surface area (Å²) in [5.41, 5.74) is 2.82. The van der Waals surface area contributed by atoms with Crippen molar-refractivity contribution >= 4 is 34.2 Å². The van der Waals surface area contributed by atoms with Gasteiger partial charge >= 0.3 is 0 Å². The molecule has 3 aromatic rings. The maximum Gasteiger partial charge on any atom is 0.256 e. The van der Waals surface area contributed by atoms with Gasteiger partial charge in [-0.15, -0.1) is 0 Å². The number of nitrogens with zero attached hydrogens (tertiary/aromatic N) is 4. The molecular formula is C30H36ClFN4O2. The lowest BCUT2D eigenvalue weighted by Crippen LogP contribution is -2.44. The van der Waals surface area contributed by atoms with Crippen LogP contribution in [-0.2, 0) is 11.2 Å². The summed E-state index contributed by atoms with van der Waals surface area (Å²) in [4.78, 5) is 33.4. The minimum absolute atomic E-state index is 0.0259. The smallest absolute Gasteiger partial charge is 0.256 e. The van der Waals surface area contributed by atoms with Gasteiger partial charge in [-0.2, -0.15) is 0 Å². The van der Waals surface area contributed by atoms with Crippen LogP contribution in [0.4, 0.5) is 4.39 Å². The summed E-state index contributed by atoms with van der Waals surface area (Å²) in [6.45, 7) is 8.12. The molecule has 5 rings (SSSR count). The molecule has 0 radical (unpaired) electrons. The summed E-state index contributed by atoms with van der Waals surface area (Å²) < 4.78 is 16.3. The van der Waals surface area contributed by atoms with E-state index in [1.165, 1.54) is 12.1 Å². The van der Waals surface area contributed by atoms with E-state index in [1.807, 2.05) is 24.6 Å². The van der Waals surface area contributed by atoms with Crippen LogP contribution in [0.15, 0.2) is 36.8 Å². The maximum absolute atomic E-state index is 14.3. The molecule has 2 aromatic heterocycles. The normalized spacial score (nSPS) is 19.3. The molecule has 0 bridgehead atoms. The number of carbonyl (C=O) groups is 2. The van der Waals surface area contributed by atoms with Gasteiger partial charge in [0.15, 0.2) is 0 Å². The van der Waals surface area contributed by atoms with E-state index >= 15 is 0 Å². The number of carbonyl (C=O) groups excluding carboxylic acids is 2. The Bertz CT molecular complexity index is 1360. The van der Waals surface area contributed by atoms with Gasteiger partial charge in [-0.1, -0.05) is 18.5 Å². The van der Waals surface area contributed by atoms with Gasteiger partial charge in [0.2, 0.25) is 0 Å². The lowest BCUT2D eigenvalue weighted by molar-refractivity contribution is -0.128. The van der Waals surface area contributed by atoms with Crippen LogP contribution in [0, 0.1) is 17.7 Å². The van der Waals surface area contributed by atoms with Gasteiger partial charge < -0.3 is 9.47 Å². The van der Waals surface area contributed by atoms with E-state index in [2.05, 4.69) is 16.8 Å². The minimum atomic E-state index is -0.452. The Morgan fingerprint density at radius 3 is 2.71 bits per heavy atom. The second-order valence-electron chi connectivity index (χ2n) is 11.2. The Hall–Kier alpha value is -2.77. The van der Waals surface area contributed by atoms with Crippen LogP contribution in [0.2, 0.25) is 5.02 Å². The van der Waals surface area contributed by atoms with Crippen LogP contribution in [-0.4, -0.2) is 63.3 Å². The molecule has 1 saturated heterocycles. The SMILES string of the molecule is CC[C@H](C1CC(=O)C1)N1CC[C@H](Cc2cn(-c3ccc(F)cc3C(=O)N(C)C(C)C)c3cncc(Cl)c23)C1. The lowest BCUT2D eigenvalue weighted by atomic mass is 9.77. The number of amides is 1. The van der Waals surface area contributed by atoms with Crippen molar-refractivity contribution in [3.63, 3.8) is 0 Å². The Morgan fingerprint density at radius 1 is 1.26 bits per heavy atom. The van der Waals surface area contributed by atoms with Crippen LogP contribution in [0.5, 0.6) is 0 Å². The van der Waals surface area contributed by atoms with Gasteiger partial charge in [0.05, 0.1) is 28.0 Å². The number of fused-ring (bicyclic) bond motifs is 1. The lowest BCUT2D eigenvalue weighted by Gasteiger charge is -2.38. The third kappa shape index (κ3) is 4.98. The van der Waals surface area contributed by atoms with Gasteiger partial charge in [-0.25, -0.2) is 4.39 Å². The maximum atomic E-state index is 14.3. The summed E-state index contributed by atoms with van der Waals surface area (Å²) in [6, 6.07) is 4.80. The summed E-state index contributed by atoms with van der Waals surface area (Å²) in [5, 5.41) is 1.50. The molecule has 1 aromatic carbocycles. The first-order valence-corrected chi connectivity index (χ1v) is 14.0. The molecule has 202 valence electrons. The highest BCUT2D eigenvalue weighted by Gasteiger charge is 2.38. The molecule has 1 saturated carbocycles. The van der Waals surface area contributed by atoms with Gasteiger partial charge in [-0.05, 0) is 75.3 Å². The van der Waals surface area contributed by atoms with Crippen LogP contribution < -0.4 is 0 Å². The average Bonchev–Trinajstić information content (AvgIpc) is 3.48. The van der Waals surface area contributed by atoms with Gasteiger partial charge in [0.25, 0.3) is 5.91 Å². The average molecular weight is 539 g/mol. The number of benzene rings is 1. The molecule has 38 heavy (non-hydrogen) atoms. The zero-order chi connectivity index (χ0) is 27.1. The molecule has 3 heterocycles. The highest BCUT2D eigenvalue weighted by Crippen LogP contribution is 2.37. The third-order valence-electron chi connectivity index (χ3n) is 8.53. The number of aromatic nitrogens is 2. The van der Waals surface area contributed by atoms with Crippen molar-refractivity contribution in [1.82, 2.24) is 19.4 Å². The van der Waals surface area contributed by atoms with Gasteiger partial charge in [0.1, 0.15) is 11.6 Å². The number of likely N-dealkylation sites (tertiary alicyclic amines) is 1. The van der Waals surface area contributed by atoms with E-state index in [4.69, 9.17) is 11.6 Å². The fourth-order valence-electron chi connectivity index (χ4n) is 6.21. The Morgan fingerprint density at radius 2 is 2.03 bits per heavy atom. The van der Waals surface area contributed by atoms with Crippen molar-refractivity contribution in [2.45, 2.75) is 65.0 Å². The van der Waals surface area contributed by atoms with E-state index in [9.17, 15) is 14.0 Å². The van der Waals surface area contributed by atoms with Crippen molar-refractivity contribution < 1.29 is 14.0 Å². The monoisotopic (exact) mass is 538 g/mol. The second kappa shape index (κ2) is 10.8. The van der Waals surface area contributed by atoms with Gasteiger partial charge in [0, 0.05) is 56.3 Å². The fraction of sp³-hybridized carbons (Fsp3) is 0.500. The van der Waals surface area contributed by atoms with E-state index in [-0.39, 0.29) is 11.9 Å². The summed E-state index contributed by atoms with van der Waals surface area (Å²) in [6.07, 6.45) is 9.90. The molecule has 1 amide bonds. The van der Waals surface area contributed by atoms with Crippen molar-refractivity contribution in [2.24, 2.45) is 11.8 Å². The standard InChI is InChI=1S/C30H36ClFN4O2/c1-5-26(20-11-23(37)12-20)35-9-8-19(16-35)10-21-17-36(28-15-33-14-25(31)29(21)28)27-7-6-22(32)13-24(27)30(38)34(4)18(2)3/h6-7,13-15,17-20,26H,5,8-12,16H2,1-4H3/t19-,26-/m1/s1. The number of pyridine rings is 1. The number of ketones is 1. The molecule has 2 aliphatic rings. The van der Waals surface area contributed by atoms with E-state index in [0.29, 0.717) is 39.9 Å². The summed E-state index contributed by atoms with van der Waals surface area (Å²) in [7, 11) is 1.73.